The summed E-state index contributed by atoms with van der Waals surface area (Å²) >= 11 is 0. The van der Waals surface area contributed by atoms with Crippen molar-refractivity contribution in [2.24, 2.45) is 0 Å². The maximum Gasteiger partial charge on any atom is 0.298 e. The van der Waals surface area contributed by atoms with E-state index >= 15 is 0 Å². The lowest BCUT2D eigenvalue weighted by atomic mass is 10.2. The fraction of sp³-hybridized carbons (Fsp3) is 0.0714. The van der Waals surface area contributed by atoms with Gasteiger partial charge in [-0.3, -0.25) is 10.1 Å². The van der Waals surface area contributed by atoms with Crippen LogP contribution in [0, 0.1) is 15.9 Å². The first-order valence-corrected chi connectivity index (χ1v) is 6.16. The van der Waals surface area contributed by atoms with Crippen LogP contribution in [0.5, 0.6) is 0 Å². The Bertz CT molecular complexity index is 799. The molecule has 1 aromatic heterocycles. The molecule has 0 saturated heterocycles. The second-order valence-electron chi connectivity index (χ2n) is 4.38. The number of nitro groups is 1. The van der Waals surface area contributed by atoms with Crippen LogP contribution in [-0.4, -0.2) is 9.91 Å². The first-order valence-electron chi connectivity index (χ1n) is 6.16. The van der Waals surface area contributed by atoms with Crippen LogP contribution in [0.15, 0.2) is 46.9 Å². The van der Waals surface area contributed by atoms with Gasteiger partial charge in [-0.25, -0.2) is 4.39 Å². The Morgan fingerprint density at radius 2 is 2.00 bits per heavy atom. The molecule has 0 unspecified atom stereocenters. The van der Waals surface area contributed by atoms with Crippen molar-refractivity contribution in [3.8, 4) is 0 Å². The summed E-state index contributed by atoms with van der Waals surface area (Å²) < 4.78 is 18.2. The van der Waals surface area contributed by atoms with Gasteiger partial charge in [-0.05, 0) is 23.8 Å². The molecular formula is C14H10FN3O3. The maximum absolute atomic E-state index is 12.8. The van der Waals surface area contributed by atoms with E-state index in [9.17, 15) is 14.5 Å². The second kappa shape index (κ2) is 5.20. The zero-order valence-corrected chi connectivity index (χ0v) is 10.7. The molecule has 0 aliphatic heterocycles. The molecule has 0 spiro atoms. The number of benzene rings is 2. The van der Waals surface area contributed by atoms with Gasteiger partial charge >= 0.3 is 0 Å². The van der Waals surface area contributed by atoms with Crippen molar-refractivity contribution < 1.29 is 13.7 Å². The largest absolute Gasteiger partial charge is 0.423 e. The SMILES string of the molecule is O=[N+]([O-])c1cccc2oc(NCc3ccc(F)cc3)nc12. The first kappa shape index (κ1) is 13.0. The number of hydrogen-bond acceptors (Lipinski definition) is 5. The van der Waals surface area contributed by atoms with Gasteiger partial charge in [0, 0.05) is 12.6 Å². The number of rotatable bonds is 4. The molecule has 3 aromatic rings. The molecule has 0 bridgehead atoms. The van der Waals surface area contributed by atoms with Gasteiger partial charge < -0.3 is 9.73 Å². The Kier molecular flexibility index (Phi) is 3.23. The fourth-order valence-corrected chi connectivity index (χ4v) is 1.94. The molecule has 0 amide bonds. The molecule has 6 nitrogen and oxygen atoms in total. The quantitative estimate of drug-likeness (QED) is 0.586. The van der Waals surface area contributed by atoms with Gasteiger partial charge in [-0.1, -0.05) is 18.2 Å². The lowest BCUT2D eigenvalue weighted by Crippen LogP contribution is -1.99. The molecule has 0 radical (unpaired) electrons. The van der Waals surface area contributed by atoms with Crippen molar-refractivity contribution in [1.29, 1.82) is 0 Å². The van der Waals surface area contributed by atoms with E-state index in [1.54, 1.807) is 18.2 Å². The highest BCUT2D eigenvalue weighted by Crippen LogP contribution is 2.27. The molecule has 0 aliphatic carbocycles. The highest BCUT2D eigenvalue weighted by Gasteiger charge is 2.17. The van der Waals surface area contributed by atoms with Gasteiger partial charge in [-0.2, -0.15) is 4.98 Å². The van der Waals surface area contributed by atoms with Gasteiger partial charge in [-0.15, -0.1) is 0 Å². The van der Waals surface area contributed by atoms with Gasteiger partial charge in [0.25, 0.3) is 11.7 Å². The summed E-state index contributed by atoms with van der Waals surface area (Å²) in [6.07, 6.45) is 0. The molecule has 2 aromatic carbocycles. The van der Waals surface area contributed by atoms with E-state index in [0.29, 0.717) is 12.1 Å². The van der Waals surface area contributed by atoms with E-state index < -0.39 is 4.92 Å². The summed E-state index contributed by atoms with van der Waals surface area (Å²) in [4.78, 5) is 14.5. The number of oxazole rings is 1. The van der Waals surface area contributed by atoms with E-state index in [2.05, 4.69) is 10.3 Å². The number of aromatic nitrogens is 1. The third-order valence-corrected chi connectivity index (χ3v) is 2.95. The Hall–Kier alpha value is -2.96. The molecular weight excluding hydrogens is 277 g/mol. The molecule has 1 N–H and O–H groups in total. The van der Waals surface area contributed by atoms with Gasteiger partial charge in [0.2, 0.25) is 0 Å². The van der Waals surface area contributed by atoms with Crippen LogP contribution in [0.4, 0.5) is 16.1 Å². The number of para-hydroxylation sites is 1. The number of anilines is 1. The second-order valence-corrected chi connectivity index (χ2v) is 4.38. The summed E-state index contributed by atoms with van der Waals surface area (Å²) in [5.74, 6) is -0.309. The first-order chi connectivity index (χ1) is 10.1. The van der Waals surface area contributed by atoms with Crippen molar-refractivity contribution in [2.75, 3.05) is 5.32 Å². The number of fused-ring (bicyclic) bond motifs is 1. The standard InChI is InChI=1S/C14H10FN3O3/c15-10-6-4-9(5-7-10)8-16-14-17-13-11(18(19)20)2-1-3-12(13)21-14/h1-7H,8H2,(H,16,17). The minimum Gasteiger partial charge on any atom is -0.423 e. The van der Waals surface area contributed by atoms with E-state index in [4.69, 9.17) is 4.42 Å². The van der Waals surface area contributed by atoms with Crippen LogP contribution < -0.4 is 5.32 Å². The molecule has 3 rings (SSSR count). The average molecular weight is 287 g/mol. The van der Waals surface area contributed by atoms with Gasteiger partial charge in [0.15, 0.2) is 11.1 Å². The minimum absolute atomic E-state index is 0.105. The van der Waals surface area contributed by atoms with Crippen molar-refractivity contribution in [3.63, 3.8) is 0 Å². The van der Waals surface area contributed by atoms with Crippen molar-refractivity contribution >= 4 is 22.8 Å². The smallest absolute Gasteiger partial charge is 0.298 e. The van der Waals surface area contributed by atoms with E-state index in [-0.39, 0.29) is 23.0 Å². The van der Waals surface area contributed by atoms with E-state index in [1.165, 1.54) is 24.3 Å². The molecule has 21 heavy (non-hydrogen) atoms. The monoisotopic (exact) mass is 287 g/mol. The van der Waals surface area contributed by atoms with E-state index in [0.717, 1.165) is 5.56 Å². The Balaban J connectivity index is 1.83. The lowest BCUT2D eigenvalue weighted by molar-refractivity contribution is -0.383. The molecule has 106 valence electrons. The van der Waals surface area contributed by atoms with Gasteiger partial charge in [0.05, 0.1) is 4.92 Å². The number of nitrogens with zero attached hydrogens (tertiary/aromatic N) is 2. The third-order valence-electron chi connectivity index (χ3n) is 2.95. The van der Waals surface area contributed by atoms with Crippen LogP contribution in [0.3, 0.4) is 0 Å². The average Bonchev–Trinajstić information content (AvgIpc) is 2.89. The number of nitrogens with one attached hydrogen (secondary N) is 1. The number of nitro benzene ring substituents is 1. The number of halogens is 1. The third kappa shape index (κ3) is 2.66. The summed E-state index contributed by atoms with van der Waals surface area (Å²) in [5, 5.41) is 13.8. The topological polar surface area (TPSA) is 81.2 Å². The van der Waals surface area contributed by atoms with E-state index in [1.807, 2.05) is 0 Å². The summed E-state index contributed by atoms with van der Waals surface area (Å²) in [6.45, 7) is 0.376. The Morgan fingerprint density at radius 3 is 2.71 bits per heavy atom. The molecule has 0 aliphatic rings. The lowest BCUT2D eigenvalue weighted by Gasteiger charge is -2.01. The highest BCUT2D eigenvalue weighted by atomic mass is 19.1. The molecule has 0 saturated carbocycles. The van der Waals surface area contributed by atoms with Crippen molar-refractivity contribution in [3.05, 3.63) is 64.0 Å². The van der Waals surface area contributed by atoms with Crippen molar-refractivity contribution in [2.45, 2.75) is 6.54 Å². The Morgan fingerprint density at radius 1 is 1.24 bits per heavy atom. The normalized spacial score (nSPS) is 10.7. The number of hydrogen-bond donors (Lipinski definition) is 1. The van der Waals surface area contributed by atoms with Crippen LogP contribution in [-0.2, 0) is 6.54 Å². The summed E-state index contributed by atoms with van der Waals surface area (Å²) in [5.41, 5.74) is 1.27. The minimum atomic E-state index is -0.505. The van der Waals surface area contributed by atoms with Crippen molar-refractivity contribution in [1.82, 2.24) is 4.98 Å². The van der Waals surface area contributed by atoms with Gasteiger partial charge in [0.1, 0.15) is 5.82 Å². The summed E-state index contributed by atoms with van der Waals surface area (Å²) in [7, 11) is 0. The summed E-state index contributed by atoms with van der Waals surface area (Å²) in [6, 6.07) is 10.7. The zero-order valence-electron chi connectivity index (χ0n) is 10.7. The highest BCUT2D eigenvalue weighted by molar-refractivity contribution is 5.83. The number of non-ortho nitro benzene ring substituents is 1. The molecule has 0 fully saturated rings. The molecule has 0 atom stereocenters. The van der Waals surface area contributed by atoms with Crippen LogP contribution in [0.25, 0.3) is 11.1 Å². The Labute approximate surface area is 118 Å². The van der Waals surface area contributed by atoms with Crippen LogP contribution >= 0.6 is 0 Å². The molecule has 1 heterocycles. The predicted octanol–water partition coefficient (Wildman–Crippen LogP) is 3.49. The van der Waals surface area contributed by atoms with Crippen LogP contribution in [0.2, 0.25) is 0 Å². The predicted molar refractivity (Wildman–Crippen MR) is 74.4 cm³/mol. The zero-order chi connectivity index (χ0) is 14.8. The fourth-order valence-electron chi connectivity index (χ4n) is 1.94. The maximum atomic E-state index is 12.8. The molecule has 7 heteroatoms. The van der Waals surface area contributed by atoms with Crippen LogP contribution in [0.1, 0.15) is 5.56 Å².